The van der Waals surface area contributed by atoms with E-state index in [0.717, 1.165) is 10.2 Å². The number of carbonyl (C=O) groups is 1. The number of benzene rings is 1. The highest BCUT2D eigenvalue weighted by Gasteiger charge is 2.26. The van der Waals surface area contributed by atoms with Crippen molar-refractivity contribution < 1.29 is 4.79 Å². The van der Waals surface area contributed by atoms with Gasteiger partial charge in [0, 0.05) is 6.54 Å². The second kappa shape index (κ2) is 3.90. The summed E-state index contributed by atoms with van der Waals surface area (Å²) in [5, 5.41) is 6.14. The number of carbonyl (C=O) groups excluding carboxylic acids is 1. The number of nitrogens with two attached hydrogens (primary N) is 1. The summed E-state index contributed by atoms with van der Waals surface area (Å²) in [5.41, 5.74) is 7.07. The Hall–Kier alpha value is -1.79. The zero-order valence-corrected chi connectivity index (χ0v) is 9.78. The van der Waals surface area contributed by atoms with Crippen LogP contribution in [0.5, 0.6) is 0 Å². The third-order valence-corrected chi connectivity index (χ3v) is 3.54. The molecule has 0 saturated heterocycles. The van der Waals surface area contributed by atoms with Crippen LogP contribution >= 0.6 is 11.3 Å². The minimum Gasteiger partial charge on any atom is -0.325 e. The Morgan fingerprint density at radius 1 is 1.41 bits per heavy atom. The molecule has 2 aromatic rings. The van der Waals surface area contributed by atoms with Crippen LogP contribution in [0.2, 0.25) is 0 Å². The van der Waals surface area contributed by atoms with Crippen molar-refractivity contribution in [2.75, 3.05) is 11.6 Å². The fourth-order valence-corrected chi connectivity index (χ4v) is 2.63. The maximum absolute atomic E-state index is 11.7. The number of para-hydroxylation sites is 1. The summed E-state index contributed by atoms with van der Waals surface area (Å²) < 4.78 is 1.05. The van der Waals surface area contributed by atoms with Gasteiger partial charge in [-0.2, -0.15) is 10.1 Å². The summed E-state index contributed by atoms with van der Waals surface area (Å²) in [5.74, 6) is -0.0653. The lowest BCUT2D eigenvalue weighted by Crippen LogP contribution is -2.19. The zero-order chi connectivity index (χ0) is 11.8. The maximum atomic E-state index is 11.7. The number of fused-ring (bicyclic) bond motifs is 1. The summed E-state index contributed by atoms with van der Waals surface area (Å²) in [6.07, 6.45) is 0.298. The summed E-state index contributed by atoms with van der Waals surface area (Å²) in [7, 11) is 0. The molecule has 0 saturated carbocycles. The van der Waals surface area contributed by atoms with E-state index in [1.807, 2.05) is 24.3 Å². The van der Waals surface area contributed by atoms with Gasteiger partial charge in [0.2, 0.25) is 5.13 Å². The van der Waals surface area contributed by atoms with Crippen molar-refractivity contribution in [1.82, 2.24) is 4.98 Å². The Kier molecular flexibility index (Phi) is 2.38. The predicted octanol–water partition coefficient (Wildman–Crippen LogP) is 1.35. The molecule has 1 aliphatic rings. The Morgan fingerprint density at radius 2 is 2.24 bits per heavy atom. The number of anilines is 1. The number of aromatic nitrogens is 1. The quantitative estimate of drug-likeness (QED) is 0.869. The average Bonchev–Trinajstić information content (AvgIpc) is 2.91. The molecule has 1 aromatic carbocycles. The van der Waals surface area contributed by atoms with E-state index in [1.165, 1.54) is 16.3 Å². The van der Waals surface area contributed by atoms with Crippen LogP contribution in [0.1, 0.15) is 6.42 Å². The van der Waals surface area contributed by atoms with Gasteiger partial charge in [-0.1, -0.05) is 23.5 Å². The van der Waals surface area contributed by atoms with E-state index in [4.69, 9.17) is 5.73 Å². The normalized spacial score (nSPS) is 15.7. The van der Waals surface area contributed by atoms with Crippen molar-refractivity contribution in [2.45, 2.75) is 6.42 Å². The summed E-state index contributed by atoms with van der Waals surface area (Å²) in [6.45, 7) is 0.313. The van der Waals surface area contributed by atoms with E-state index in [9.17, 15) is 4.79 Å². The summed E-state index contributed by atoms with van der Waals surface area (Å²) >= 11 is 1.46. The highest BCUT2D eigenvalue weighted by Crippen LogP contribution is 2.30. The number of amides is 1. The van der Waals surface area contributed by atoms with Gasteiger partial charge >= 0.3 is 0 Å². The highest BCUT2D eigenvalue weighted by molar-refractivity contribution is 7.22. The van der Waals surface area contributed by atoms with Gasteiger partial charge in [-0.25, -0.2) is 4.98 Å². The first-order valence-corrected chi connectivity index (χ1v) is 6.04. The van der Waals surface area contributed by atoms with Crippen molar-refractivity contribution in [3.05, 3.63) is 24.3 Å². The SMILES string of the molecule is NCC1=NN(c2nc3ccccc3s2)C(=O)C1. The molecule has 0 radical (unpaired) electrons. The average molecular weight is 246 g/mol. The first kappa shape index (κ1) is 10.4. The number of hydrazone groups is 1. The number of rotatable bonds is 2. The van der Waals surface area contributed by atoms with Gasteiger partial charge in [0.25, 0.3) is 5.91 Å². The molecule has 2 heterocycles. The van der Waals surface area contributed by atoms with Crippen LogP contribution in [0.4, 0.5) is 5.13 Å². The van der Waals surface area contributed by atoms with Crippen LogP contribution < -0.4 is 10.7 Å². The molecule has 17 heavy (non-hydrogen) atoms. The Labute approximate surface area is 102 Å². The van der Waals surface area contributed by atoms with E-state index in [0.29, 0.717) is 23.8 Å². The van der Waals surface area contributed by atoms with Crippen molar-refractivity contribution in [1.29, 1.82) is 0 Å². The fourth-order valence-electron chi connectivity index (χ4n) is 1.70. The standard InChI is InChI=1S/C11H10N4OS/c12-6-7-5-10(16)15(14-7)11-13-8-3-1-2-4-9(8)17-11/h1-4H,5-6,12H2. The van der Waals surface area contributed by atoms with Gasteiger partial charge in [-0.3, -0.25) is 4.79 Å². The fraction of sp³-hybridized carbons (Fsp3) is 0.182. The zero-order valence-electron chi connectivity index (χ0n) is 8.96. The first-order chi connectivity index (χ1) is 8.28. The van der Waals surface area contributed by atoms with Crippen LogP contribution in [-0.4, -0.2) is 23.1 Å². The van der Waals surface area contributed by atoms with Crippen LogP contribution in [0, 0.1) is 0 Å². The first-order valence-electron chi connectivity index (χ1n) is 5.23. The third kappa shape index (κ3) is 1.71. The Bertz CT molecular complexity index is 586. The van der Waals surface area contributed by atoms with E-state index in [2.05, 4.69) is 10.1 Å². The molecule has 6 heteroatoms. The number of thiazole rings is 1. The number of hydrogen-bond donors (Lipinski definition) is 1. The monoisotopic (exact) mass is 246 g/mol. The smallest absolute Gasteiger partial charge is 0.255 e. The molecule has 2 N–H and O–H groups in total. The molecule has 0 atom stereocenters. The number of nitrogens with zero attached hydrogens (tertiary/aromatic N) is 3. The third-order valence-electron chi connectivity index (χ3n) is 2.53. The summed E-state index contributed by atoms with van der Waals surface area (Å²) in [6, 6.07) is 7.77. The lowest BCUT2D eigenvalue weighted by atomic mass is 10.3. The van der Waals surface area contributed by atoms with Gasteiger partial charge < -0.3 is 5.73 Å². The van der Waals surface area contributed by atoms with Gasteiger partial charge in [0.05, 0.1) is 22.3 Å². The summed E-state index contributed by atoms with van der Waals surface area (Å²) in [4.78, 5) is 16.1. The highest BCUT2D eigenvalue weighted by atomic mass is 32.1. The molecule has 0 fully saturated rings. The molecule has 1 amide bonds. The molecular formula is C11H10N4OS. The van der Waals surface area contributed by atoms with Crippen LogP contribution in [0.3, 0.4) is 0 Å². The topological polar surface area (TPSA) is 71.6 Å². The van der Waals surface area contributed by atoms with Crippen molar-refractivity contribution >= 4 is 38.3 Å². The van der Waals surface area contributed by atoms with Crippen LogP contribution in [-0.2, 0) is 4.79 Å². The largest absolute Gasteiger partial charge is 0.325 e. The number of hydrogen-bond acceptors (Lipinski definition) is 5. The molecule has 0 bridgehead atoms. The van der Waals surface area contributed by atoms with E-state index < -0.39 is 0 Å². The van der Waals surface area contributed by atoms with Gasteiger partial charge in [0.15, 0.2) is 0 Å². The van der Waals surface area contributed by atoms with Crippen molar-refractivity contribution in [3.63, 3.8) is 0 Å². The van der Waals surface area contributed by atoms with Gasteiger partial charge in [0.1, 0.15) is 0 Å². The van der Waals surface area contributed by atoms with Crippen LogP contribution in [0.25, 0.3) is 10.2 Å². The van der Waals surface area contributed by atoms with Gasteiger partial charge in [-0.15, -0.1) is 0 Å². The second-order valence-corrected chi connectivity index (χ2v) is 4.73. The van der Waals surface area contributed by atoms with Gasteiger partial charge in [-0.05, 0) is 12.1 Å². The van der Waals surface area contributed by atoms with Crippen molar-refractivity contribution in [3.8, 4) is 0 Å². The molecule has 86 valence electrons. The molecule has 3 rings (SSSR count). The molecule has 0 unspecified atom stereocenters. The maximum Gasteiger partial charge on any atom is 0.255 e. The van der Waals surface area contributed by atoms with E-state index in [-0.39, 0.29) is 5.91 Å². The lowest BCUT2D eigenvalue weighted by molar-refractivity contribution is -0.116. The van der Waals surface area contributed by atoms with E-state index >= 15 is 0 Å². The molecule has 0 spiro atoms. The Balaban J connectivity index is 2.04. The van der Waals surface area contributed by atoms with E-state index in [1.54, 1.807) is 0 Å². The Morgan fingerprint density at radius 3 is 2.94 bits per heavy atom. The van der Waals surface area contributed by atoms with Crippen molar-refractivity contribution in [2.24, 2.45) is 10.8 Å². The minimum atomic E-state index is -0.0653. The molecular weight excluding hydrogens is 236 g/mol. The molecule has 1 aromatic heterocycles. The minimum absolute atomic E-state index is 0.0653. The lowest BCUT2D eigenvalue weighted by Gasteiger charge is -2.05. The second-order valence-electron chi connectivity index (χ2n) is 3.72. The molecule has 5 nitrogen and oxygen atoms in total. The molecule has 0 aliphatic carbocycles. The predicted molar refractivity (Wildman–Crippen MR) is 68.2 cm³/mol. The van der Waals surface area contributed by atoms with Crippen LogP contribution in [0.15, 0.2) is 29.4 Å². The molecule has 1 aliphatic heterocycles.